The summed E-state index contributed by atoms with van der Waals surface area (Å²) < 4.78 is 8.13. The van der Waals surface area contributed by atoms with E-state index in [-0.39, 0.29) is 12.0 Å². The van der Waals surface area contributed by atoms with Gasteiger partial charge in [0.25, 0.3) is 0 Å². The van der Waals surface area contributed by atoms with Crippen LogP contribution in [0.5, 0.6) is 5.75 Å². The van der Waals surface area contributed by atoms with Gasteiger partial charge in [-0.05, 0) is 54.3 Å². The Morgan fingerprint density at radius 2 is 1.93 bits per heavy atom. The number of tetrazole rings is 1. The topological polar surface area (TPSA) is 73.1 Å². The zero-order chi connectivity index (χ0) is 20.2. The summed E-state index contributed by atoms with van der Waals surface area (Å²) in [5.74, 6) is 1.50. The molecule has 1 aromatic heterocycles. The second-order valence-corrected chi connectivity index (χ2v) is 9.04. The third kappa shape index (κ3) is 4.91. The lowest BCUT2D eigenvalue weighted by Crippen LogP contribution is -2.42. The number of aryl methyl sites for hydroxylation is 2. The molecule has 0 bridgehead atoms. The summed E-state index contributed by atoms with van der Waals surface area (Å²) in [6.07, 6.45) is 6.61. The lowest BCUT2D eigenvalue weighted by Gasteiger charge is -2.32. The van der Waals surface area contributed by atoms with Gasteiger partial charge in [-0.3, -0.25) is 4.79 Å². The number of hydrogen-bond donors (Lipinski definition) is 0. The number of rotatable bonds is 6. The Hall–Kier alpha value is -2.09. The van der Waals surface area contributed by atoms with Crippen LogP contribution in [-0.4, -0.2) is 56.0 Å². The van der Waals surface area contributed by atoms with Crippen LogP contribution < -0.4 is 4.74 Å². The van der Waals surface area contributed by atoms with E-state index in [0.717, 1.165) is 55.2 Å². The molecule has 7 nitrogen and oxygen atoms in total. The molecular weight excluding hydrogens is 386 g/mol. The average molecular weight is 416 g/mol. The number of piperidine rings is 1. The Balaban J connectivity index is 1.25. The summed E-state index contributed by atoms with van der Waals surface area (Å²) in [6.45, 7) is 5.63. The summed E-state index contributed by atoms with van der Waals surface area (Å²) in [7, 11) is 0. The van der Waals surface area contributed by atoms with Gasteiger partial charge in [0.05, 0.1) is 11.8 Å². The first-order valence-corrected chi connectivity index (χ1v) is 11.5. The van der Waals surface area contributed by atoms with Gasteiger partial charge >= 0.3 is 0 Å². The quantitative estimate of drug-likeness (QED) is 0.672. The molecule has 0 radical (unpaired) electrons. The molecule has 0 spiro atoms. The molecule has 1 saturated heterocycles. The second-order valence-electron chi connectivity index (χ2n) is 8.10. The fourth-order valence-electron chi connectivity index (χ4n) is 4.11. The van der Waals surface area contributed by atoms with Gasteiger partial charge in [0.1, 0.15) is 11.9 Å². The van der Waals surface area contributed by atoms with Crippen molar-refractivity contribution in [1.82, 2.24) is 25.1 Å². The van der Waals surface area contributed by atoms with E-state index in [1.165, 1.54) is 30.2 Å². The summed E-state index contributed by atoms with van der Waals surface area (Å²) in [6, 6.07) is 6.68. The predicted molar refractivity (Wildman–Crippen MR) is 112 cm³/mol. The van der Waals surface area contributed by atoms with Gasteiger partial charge in [0.2, 0.25) is 11.1 Å². The molecule has 2 fully saturated rings. The first kappa shape index (κ1) is 20.2. The van der Waals surface area contributed by atoms with E-state index < -0.39 is 0 Å². The number of benzene rings is 1. The summed E-state index contributed by atoms with van der Waals surface area (Å²) in [5, 5.41) is 12.9. The average Bonchev–Trinajstić information content (AvgIpc) is 3.41. The van der Waals surface area contributed by atoms with E-state index in [1.54, 1.807) is 0 Å². The van der Waals surface area contributed by atoms with Crippen molar-refractivity contribution < 1.29 is 9.53 Å². The molecule has 0 N–H and O–H groups in total. The van der Waals surface area contributed by atoms with Crippen molar-refractivity contribution in [3.05, 3.63) is 29.3 Å². The van der Waals surface area contributed by atoms with E-state index >= 15 is 0 Å². The molecular formula is C21H29N5O2S. The highest BCUT2D eigenvalue weighted by atomic mass is 32.2. The van der Waals surface area contributed by atoms with E-state index in [0.29, 0.717) is 11.8 Å². The van der Waals surface area contributed by atoms with Crippen LogP contribution in [0.3, 0.4) is 0 Å². The molecule has 29 heavy (non-hydrogen) atoms. The van der Waals surface area contributed by atoms with Gasteiger partial charge in [-0.1, -0.05) is 36.7 Å². The zero-order valence-electron chi connectivity index (χ0n) is 17.2. The van der Waals surface area contributed by atoms with Crippen molar-refractivity contribution in [3.8, 4) is 5.75 Å². The minimum Gasteiger partial charge on any atom is -0.490 e. The van der Waals surface area contributed by atoms with Gasteiger partial charge in [-0.2, -0.15) is 0 Å². The number of amides is 1. The highest BCUT2D eigenvalue weighted by Crippen LogP contribution is 2.31. The third-order valence-electron chi connectivity index (χ3n) is 5.89. The molecule has 4 rings (SSSR count). The monoisotopic (exact) mass is 415 g/mol. The second kappa shape index (κ2) is 9.15. The number of hydrogen-bond acceptors (Lipinski definition) is 6. The standard InChI is InChI=1S/C21H29N5O2S/c1-15-7-8-16(2)19(13-15)28-18-9-11-25(12-10-18)20(27)14-29-21-22-23-24-26(21)17-5-3-4-6-17/h7-8,13,17-18H,3-6,9-12,14H2,1-2H3. The normalized spacial score (nSPS) is 18.3. The first-order valence-electron chi connectivity index (χ1n) is 10.5. The molecule has 1 amide bonds. The van der Waals surface area contributed by atoms with Crippen LogP contribution in [0.25, 0.3) is 0 Å². The van der Waals surface area contributed by atoms with Gasteiger partial charge in [-0.15, -0.1) is 5.10 Å². The number of thioether (sulfide) groups is 1. The largest absolute Gasteiger partial charge is 0.490 e. The van der Waals surface area contributed by atoms with Crippen LogP contribution in [0.2, 0.25) is 0 Å². The van der Waals surface area contributed by atoms with E-state index in [9.17, 15) is 4.79 Å². The first-order chi connectivity index (χ1) is 14.1. The van der Waals surface area contributed by atoms with Crippen molar-refractivity contribution in [2.45, 2.75) is 69.7 Å². The van der Waals surface area contributed by atoms with E-state index in [4.69, 9.17) is 4.74 Å². The number of carbonyl (C=O) groups is 1. The molecule has 0 atom stereocenters. The molecule has 8 heteroatoms. The summed E-state index contributed by atoms with van der Waals surface area (Å²) in [5.41, 5.74) is 2.36. The Kier molecular flexibility index (Phi) is 6.37. The summed E-state index contributed by atoms with van der Waals surface area (Å²) >= 11 is 1.45. The maximum absolute atomic E-state index is 12.7. The molecule has 1 aromatic carbocycles. The van der Waals surface area contributed by atoms with E-state index in [1.807, 2.05) is 9.58 Å². The molecule has 1 saturated carbocycles. The maximum atomic E-state index is 12.7. The Labute approximate surface area is 176 Å². The zero-order valence-corrected chi connectivity index (χ0v) is 18.0. The van der Waals surface area contributed by atoms with Crippen molar-refractivity contribution in [2.75, 3.05) is 18.8 Å². The molecule has 0 unspecified atom stereocenters. The Morgan fingerprint density at radius 3 is 2.69 bits per heavy atom. The highest BCUT2D eigenvalue weighted by molar-refractivity contribution is 7.99. The van der Waals surface area contributed by atoms with Crippen LogP contribution in [0.1, 0.15) is 55.7 Å². The van der Waals surface area contributed by atoms with Crippen LogP contribution in [0, 0.1) is 13.8 Å². The molecule has 2 aliphatic rings. The fourth-order valence-corrected chi connectivity index (χ4v) is 4.96. The van der Waals surface area contributed by atoms with Crippen molar-refractivity contribution in [1.29, 1.82) is 0 Å². The third-order valence-corrected chi connectivity index (χ3v) is 6.81. The Bertz CT molecular complexity index is 841. The predicted octanol–water partition coefficient (Wildman–Crippen LogP) is 3.57. The van der Waals surface area contributed by atoms with Crippen LogP contribution in [-0.2, 0) is 4.79 Å². The molecule has 2 aromatic rings. The number of carbonyl (C=O) groups excluding carboxylic acids is 1. The van der Waals surface area contributed by atoms with E-state index in [2.05, 4.69) is 47.6 Å². The maximum Gasteiger partial charge on any atom is 0.233 e. The molecule has 1 aliphatic heterocycles. The number of ether oxygens (including phenoxy) is 1. The smallest absolute Gasteiger partial charge is 0.233 e. The highest BCUT2D eigenvalue weighted by Gasteiger charge is 2.26. The van der Waals surface area contributed by atoms with Gasteiger partial charge < -0.3 is 9.64 Å². The van der Waals surface area contributed by atoms with Crippen molar-refractivity contribution in [2.24, 2.45) is 0 Å². The van der Waals surface area contributed by atoms with Crippen molar-refractivity contribution in [3.63, 3.8) is 0 Å². The molecule has 1 aliphatic carbocycles. The lowest BCUT2D eigenvalue weighted by molar-refractivity contribution is -0.130. The van der Waals surface area contributed by atoms with Crippen molar-refractivity contribution >= 4 is 17.7 Å². The number of aromatic nitrogens is 4. The molecule has 2 heterocycles. The van der Waals surface area contributed by atoms with Gasteiger partial charge in [-0.25, -0.2) is 4.68 Å². The van der Waals surface area contributed by atoms with Gasteiger partial charge in [0, 0.05) is 25.9 Å². The molecule has 156 valence electrons. The van der Waals surface area contributed by atoms with Crippen LogP contribution >= 0.6 is 11.8 Å². The minimum absolute atomic E-state index is 0.154. The number of likely N-dealkylation sites (tertiary alicyclic amines) is 1. The fraction of sp³-hybridized carbons (Fsp3) is 0.619. The number of nitrogens with zero attached hydrogens (tertiary/aromatic N) is 5. The minimum atomic E-state index is 0.154. The van der Waals surface area contributed by atoms with Crippen LogP contribution in [0.4, 0.5) is 0 Å². The summed E-state index contributed by atoms with van der Waals surface area (Å²) in [4.78, 5) is 14.6. The van der Waals surface area contributed by atoms with Gasteiger partial charge in [0.15, 0.2) is 0 Å². The van der Waals surface area contributed by atoms with Crippen LogP contribution in [0.15, 0.2) is 23.4 Å². The SMILES string of the molecule is Cc1ccc(C)c(OC2CCN(C(=O)CSc3nnnn3C3CCCC3)CC2)c1. The Morgan fingerprint density at radius 1 is 1.17 bits per heavy atom. The lowest BCUT2D eigenvalue weighted by atomic mass is 10.1.